The molecule has 0 bridgehead atoms. The fourth-order valence-electron chi connectivity index (χ4n) is 1.96. The van der Waals surface area contributed by atoms with Gasteiger partial charge in [-0.15, -0.1) is 0 Å². The van der Waals surface area contributed by atoms with Gasteiger partial charge in [-0.2, -0.15) is 0 Å². The van der Waals surface area contributed by atoms with Gasteiger partial charge in [0, 0.05) is 18.0 Å². The molecule has 1 amide bonds. The highest BCUT2D eigenvalue weighted by molar-refractivity contribution is 5.94. The summed E-state index contributed by atoms with van der Waals surface area (Å²) in [5.74, 6) is -0.460. The maximum atomic E-state index is 12.0. The van der Waals surface area contributed by atoms with Gasteiger partial charge in [0.15, 0.2) is 0 Å². The number of aliphatic carboxylic acids is 1. The highest BCUT2D eigenvalue weighted by atomic mass is 16.4. The molecule has 20 heavy (non-hydrogen) atoms. The third-order valence-corrected chi connectivity index (χ3v) is 3.24. The molecule has 1 unspecified atom stereocenters. The largest absolute Gasteiger partial charge is 0.481 e. The third-order valence-electron chi connectivity index (χ3n) is 3.24. The Hall–Kier alpha value is -1.84. The van der Waals surface area contributed by atoms with Crippen LogP contribution in [0.2, 0.25) is 0 Å². The molecule has 4 nitrogen and oxygen atoms in total. The Kier molecular flexibility index (Phi) is 6.22. The number of carboxylic acid groups (broad SMARTS) is 1. The van der Waals surface area contributed by atoms with Crippen molar-refractivity contribution in [2.75, 3.05) is 0 Å². The lowest BCUT2D eigenvalue weighted by molar-refractivity contribution is -0.137. The average Bonchev–Trinajstić information content (AvgIpc) is 2.38. The summed E-state index contributed by atoms with van der Waals surface area (Å²) >= 11 is 0. The van der Waals surface area contributed by atoms with Gasteiger partial charge < -0.3 is 10.4 Å². The van der Waals surface area contributed by atoms with Crippen molar-refractivity contribution in [1.29, 1.82) is 0 Å². The molecule has 1 atom stereocenters. The van der Waals surface area contributed by atoms with Gasteiger partial charge in [-0.05, 0) is 43.4 Å². The van der Waals surface area contributed by atoms with Crippen LogP contribution < -0.4 is 5.32 Å². The van der Waals surface area contributed by atoms with Gasteiger partial charge in [-0.1, -0.05) is 26.0 Å². The molecule has 4 heteroatoms. The normalized spacial score (nSPS) is 12.2. The van der Waals surface area contributed by atoms with E-state index in [1.165, 1.54) is 5.56 Å². The zero-order valence-electron chi connectivity index (χ0n) is 12.3. The SMILES string of the molecule is CC(CCCC(=O)O)NC(=O)c1ccc(C(C)C)cc1. The zero-order valence-corrected chi connectivity index (χ0v) is 12.3. The minimum atomic E-state index is -0.798. The number of carbonyl (C=O) groups is 2. The van der Waals surface area contributed by atoms with Crippen molar-refractivity contribution in [2.45, 2.75) is 52.0 Å². The van der Waals surface area contributed by atoms with E-state index in [-0.39, 0.29) is 18.4 Å². The molecule has 0 heterocycles. The Bertz CT molecular complexity index is 451. The molecule has 1 rings (SSSR count). The van der Waals surface area contributed by atoms with Crippen LogP contribution >= 0.6 is 0 Å². The number of benzene rings is 1. The quantitative estimate of drug-likeness (QED) is 0.804. The Morgan fingerprint density at radius 2 is 1.75 bits per heavy atom. The average molecular weight is 277 g/mol. The van der Waals surface area contributed by atoms with Crippen molar-refractivity contribution in [1.82, 2.24) is 5.32 Å². The number of hydrogen-bond acceptors (Lipinski definition) is 2. The number of nitrogens with one attached hydrogen (secondary N) is 1. The van der Waals surface area contributed by atoms with Crippen molar-refractivity contribution < 1.29 is 14.7 Å². The molecule has 0 saturated carbocycles. The Morgan fingerprint density at radius 3 is 2.25 bits per heavy atom. The molecule has 0 aliphatic carbocycles. The minimum Gasteiger partial charge on any atom is -0.481 e. The fourth-order valence-corrected chi connectivity index (χ4v) is 1.96. The number of amides is 1. The molecule has 1 aromatic carbocycles. The Balaban J connectivity index is 2.47. The van der Waals surface area contributed by atoms with Gasteiger partial charge in [0.2, 0.25) is 0 Å². The van der Waals surface area contributed by atoms with Gasteiger partial charge in [-0.3, -0.25) is 9.59 Å². The van der Waals surface area contributed by atoms with Gasteiger partial charge in [0.1, 0.15) is 0 Å². The van der Waals surface area contributed by atoms with Crippen LogP contribution in [0.15, 0.2) is 24.3 Å². The fraction of sp³-hybridized carbons (Fsp3) is 0.500. The Morgan fingerprint density at radius 1 is 1.15 bits per heavy atom. The van der Waals surface area contributed by atoms with Crippen LogP contribution in [-0.2, 0) is 4.79 Å². The summed E-state index contributed by atoms with van der Waals surface area (Å²) in [6, 6.07) is 7.57. The minimum absolute atomic E-state index is 0.0216. The molecule has 0 aliphatic heterocycles. The van der Waals surface area contributed by atoms with E-state index in [4.69, 9.17) is 5.11 Å². The summed E-state index contributed by atoms with van der Waals surface area (Å²) in [5, 5.41) is 11.5. The highest BCUT2D eigenvalue weighted by Gasteiger charge is 2.10. The van der Waals surface area contributed by atoms with E-state index >= 15 is 0 Å². The van der Waals surface area contributed by atoms with Crippen LogP contribution in [0.4, 0.5) is 0 Å². The molecule has 0 radical (unpaired) electrons. The summed E-state index contributed by atoms with van der Waals surface area (Å²) in [6.45, 7) is 6.11. The summed E-state index contributed by atoms with van der Waals surface area (Å²) in [6.07, 6.45) is 1.38. The Labute approximate surface area is 120 Å². The van der Waals surface area contributed by atoms with Crippen molar-refractivity contribution >= 4 is 11.9 Å². The molecule has 0 saturated heterocycles. The second-order valence-electron chi connectivity index (χ2n) is 5.44. The molecule has 0 spiro atoms. The number of hydrogen-bond donors (Lipinski definition) is 2. The van der Waals surface area contributed by atoms with Crippen molar-refractivity contribution in [3.63, 3.8) is 0 Å². The standard InChI is InChI=1S/C16H23NO3/c1-11(2)13-7-9-14(10-8-13)16(20)17-12(3)5-4-6-15(18)19/h7-12H,4-6H2,1-3H3,(H,17,20)(H,18,19). The van der Waals surface area contributed by atoms with Crippen molar-refractivity contribution in [3.8, 4) is 0 Å². The van der Waals surface area contributed by atoms with E-state index in [9.17, 15) is 9.59 Å². The smallest absolute Gasteiger partial charge is 0.303 e. The summed E-state index contributed by atoms with van der Waals surface area (Å²) in [7, 11) is 0. The first-order chi connectivity index (χ1) is 9.40. The summed E-state index contributed by atoms with van der Waals surface area (Å²) < 4.78 is 0. The van der Waals surface area contributed by atoms with Crippen LogP contribution in [-0.4, -0.2) is 23.0 Å². The number of carbonyl (C=O) groups excluding carboxylic acids is 1. The van der Waals surface area contributed by atoms with E-state index in [2.05, 4.69) is 19.2 Å². The first-order valence-electron chi connectivity index (χ1n) is 7.02. The maximum Gasteiger partial charge on any atom is 0.303 e. The van der Waals surface area contributed by atoms with Crippen LogP contribution in [0.25, 0.3) is 0 Å². The van der Waals surface area contributed by atoms with E-state index in [0.717, 1.165) is 0 Å². The second-order valence-corrected chi connectivity index (χ2v) is 5.44. The van der Waals surface area contributed by atoms with Crippen LogP contribution in [0.3, 0.4) is 0 Å². The molecule has 2 N–H and O–H groups in total. The van der Waals surface area contributed by atoms with E-state index in [0.29, 0.717) is 24.3 Å². The molecule has 1 aromatic rings. The summed E-state index contributed by atoms with van der Waals surface area (Å²) in [4.78, 5) is 22.4. The van der Waals surface area contributed by atoms with E-state index < -0.39 is 5.97 Å². The van der Waals surface area contributed by atoms with Gasteiger partial charge >= 0.3 is 5.97 Å². The third kappa shape index (κ3) is 5.43. The first kappa shape index (κ1) is 16.2. The number of carboxylic acids is 1. The molecule has 0 aliphatic rings. The highest BCUT2D eigenvalue weighted by Crippen LogP contribution is 2.14. The zero-order chi connectivity index (χ0) is 15.1. The molecule has 110 valence electrons. The molecular weight excluding hydrogens is 254 g/mol. The number of rotatable bonds is 7. The van der Waals surface area contributed by atoms with E-state index in [1.807, 2.05) is 31.2 Å². The predicted molar refractivity (Wildman–Crippen MR) is 78.9 cm³/mol. The van der Waals surface area contributed by atoms with Crippen LogP contribution in [0.1, 0.15) is 61.9 Å². The monoisotopic (exact) mass is 277 g/mol. The van der Waals surface area contributed by atoms with Crippen molar-refractivity contribution in [2.24, 2.45) is 0 Å². The lowest BCUT2D eigenvalue weighted by Crippen LogP contribution is -2.32. The summed E-state index contributed by atoms with van der Waals surface area (Å²) in [5.41, 5.74) is 1.84. The predicted octanol–water partition coefficient (Wildman–Crippen LogP) is 3.18. The molecule has 0 fully saturated rings. The second kappa shape index (κ2) is 7.68. The topological polar surface area (TPSA) is 66.4 Å². The lowest BCUT2D eigenvalue weighted by Gasteiger charge is -2.14. The lowest BCUT2D eigenvalue weighted by atomic mass is 10.0. The van der Waals surface area contributed by atoms with Crippen LogP contribution in [0, 0.1) is 0 Å². The van der Waals surface area contributed by atoms with Crippen molar-refractivity contribution in [3.05, 3.63) is 35.4 Å². The van der Waals surface area contributed by atoms with Gasteiger partial charge in [0.05, 0.1) is 0 Å². The van der Waals surface area contributed by atoms with Gasteiger partial charge in [-0.25, -0.2) is 0 Å². The maximum absolute atomic E-state index is 12.0. The van der Waals surface area contributed by atoms with E-state index in [1.54, 1.807) is 0 Å². The first-order valence-corrected chi connectivity index (χ1v) is 7.02. The molecule has 0 aromatic heterocycles. The molecular formula is C16H23NO3. The van der Waals surface area contributed by atoms with Crippen LogP contribution in [0.5, 0.6) is 0 Å². The van der Waals surface area contributed by atoms with Gasteiger partial charge in [0.25, 0.3) is 5.91 Å².